The van der Waals surface area contributed by atoms with Gasteiger partial charge in [0.15, 0.2) is 0 Å². The van der Waals surface area contributed by atoms with E-state index in [1.165, 1.54) is 16.4 Å². The monoisotopic (exact) mass is 481 g/mol. The van der Waals surface area contributed by atoms with Crippen LogP contribution in [0.25, 0.3) is 0 Å². The number of nitrogens with one attached hydrogen (secondary N) is 1. The highest BCUT2D eigenvalue weighted by Crippen LogP contribution is 2.36. The van der Waals surface area contributed by atoms with E-state index < -0.39 is 21.9 Å². The van der Waals surface area contributed by atoms with Crippen LogP contribution in [-0.4, -0.2) is 39.3 Å². The molecule has 8 heteroatoms. The highest BCUT2D eigenvalue weighted by molar-refractivity contribution is 7.89. The van der Waals surface area contributed by atoms with Crippen molar-refractivity contribution in [3.8, 4) is 0 Å². The lowest BCUT2D eigenvalue weighted by atomic mass is 9.92. The second-order valence-corrected chi connectivity index (χ2v) is 10.5. The molecule has 1 heterocycles. The van der Waals surface area contributed by atoms with E-state index in [-0.39, 0.29) is 23.8 Å². The van der Waals surface area contributed by atoms with E-state index in [1.54, 1.807) is 0 Å². The molecule has 0 unspecified atom stereocenters. The van der Waals surface area contributed by atoms with Crippen molar-refractivity contribution in [2.24, 2.45) is 0 Å². The van der Waals surface area contributed by atoms with Crippen LogP contribution in [0.1, 0.15) is 29.2 Å². The Labute approximate surface area is 200 Å². The number of rotatable bonds is 7. The molecule has 6 nitrogen and oxygen atoms in total. The number of carbonyl (C=O) groups excluding carboxylic acids is 1. The van der Waals surface area contributed by atoms with Gasteiger partial charge in [-0.2, -0.15) is 4.31 Å². The molecule has 0 saturated heterocycles. The third-order valence-corrected chi connectivity index (χ3v) is 8.03. The minimum absolute atomic E-state index is 0.00673. The highest BCUT2D eigenvalue weighted by atomic mass is 32.2. The van der Waals surface area contributed by atoms with Gasteiger partial charge in [-0.05, 0) is 59.5 Å². The van der Waals surface area contributed by atoms with Gasteiger partial charge < -0.3 is 10.2 Å². The highest BCUT2D eigenvalue weighted by Gasteiger charge is 2.37. The van der Waals surface area contributed by atoms with Gasteiger partial charge in [0.05, 0.1) is 10.9 Å². The van der Waals surface area contributed by atoms with Crippen molar-refractivity contribution in [3.05, 3.63) is 95.3 Å². The Morgan fingerprint density at radius 2 is 1.71 bits per heavy atom. The molecule has 0 aromatic heterocycles. The maximum atomic E-state index is 13.4. The van der Waals surface area contributed by atoms with Gasteiger partial charge in [-0.25, -0.2) is 12.8 Å². The summed E-state index contributed by atoms with van der Waals surface area (Å²) in [6, 6.07) is 19.6. The summed E-state index contributed by atoms with van der Waals surface area (Å²) in [5, 5.41) is 2.92. The summed E-state index contributed by atoms with van der Waals surface area (Å²) in [6.45, 7) is 0.603. The molecule has 4 rings (SSSR count). The molecule has 1 aliphatic heterocycles. The average molecular weight is 482 g/mol. The largest absolute Gasteiger partial charge is 0.378 e. The van der Waals surface area contributed by atoms with E-state index in [1.807, 2.05) is 67.5 Å². The molecule has 0 bridgehead atoms. The molecular formula is C26H28FN3O3S. The molecule has 1 aliphatic rings. The molecular weight excluding hydrogens is 453 g/mol. The second kappa shape index (κ2) is 9.95. The molecule has 1 N–H and O–H groups in total. The maximum absolute atomic E-state index is 13.4. The van der Waals surface area contributed by atoms with Gasteiger partial charge in [0.2, 0.25) is 15.9 Å². The van der Waals surface area contributed by atoms with Crippen LogP contribution in [0.3, 0.4) is 0 Å². The van der Waals surface area contributed by atoms with Crippen LogP contribution in [0.5, 0.6) is 0 Å². The van der Waals surface area contributed by atoms with Crippen LogP contribution in [0, 0.1) is 5.82 Å². The van der Waals surface area contributed by atoms with Crippen molar-refractivity contribution in [1.29, 1.82) is 0 Å². The van der Waals surface area contributed by atoms with Crippen LogP contribution < -0.4 is 10.2 Å². The van der Waals surface area contributed by atoms with Crippen molar-refractivity contribution < 1.29 is 17.6 Å². The predicted molar refractivity (Wildman–Crippen MR) is 130 cm³/mol. The number of halogens is 1. The molecule has 1 amide bonds. The lowest BCUT2D eigenvalue weighted by Gasteiger charge is -2.36. The van der Waals surface area contributed by atoms with Gasteiger partial charge in [-0.3, -0.25) is 4.79 Å². The Bertz CT molecular complexity index is 1260. The Morgan fingerprint density at radius 3 is 2.38 bits per heavy atom. The molecule has 0 saturated carbocycles. The van der Waals surface area contributed by atoms with Crippen molar-refractivity contribution in [2.45, 2.75) is 30.3 Å². The number of amides is 1. The summed E-state index contributed by atoms with van der Waals surface area (Å²) in [4.78, 5) is 14.9. The van der Waals surface area contributed by atoms with Crippen LogP contribution in [0.15, 0.2) is 77.7 Å². The van der Waals surface area contributed by atoms with Gasteiger partial charge in [0.1, 0.15) is 5.82 Å². The molecule has 0 radical (unpaired) electrons. The summed E-state index contributed by atoms with van der Waals surface area (Å²) in [5.74, 6) is -0.741. The summed E-state index contributed by atoms with van der Waals surface area (Å²) in [6.07, 6.45) is 0.542. The van der Waals surface area contributed by atoms with Crippen LogP contribution in [0.2, 0.25) is 0 Å². The Hall–Kier alpha value is -3.23. The van der Waals surface area contributed by atoms with Crippen molar-refractivity contribution in [1.82, 2.24) is 9.62 Å². The van der Waals surface area contributed by atoms with E-state index in [4.69, 9.17) is 0 Å². The quantitative estimate of drug-likeness (QED) is 0.556. The number of hydrogen-bond donors (Lipinski definition) is 1. The van der Waals surface area contributed by atoms with Gasteiger partial charge in [0.25, 0.3) is 0 Å². The first-order valence-electron chi connectivity index (χ1n) is 11.1. The van der Waals surface area contributed by atoms with Gasteiger partial charge >= 0.3 is 0 Å². The zero-order valence-corrected chi connectivity index (χ0v) is 20.1. The fourth-order valence-electron chi connectivity index (χ4n) is 4.23. The first kappa shape index (κ1) is 23.9. The van der Waals surface area contributed by atoms with Crippen molar-refractivity contribution >= 4 is 21.6 Å². The zero-order valence-electron chi connectivity index (χ0n) is 19.2. The molecule has 178 valence electrons. The van der Waals surface area contributed by atoms with E-state index in [2.05, 4.69) is 5.32 Å². The summed E-state index contributed by atoms with van der Waals surface area (Å²) in [5.41, 5.74) is 3.88. The third-order valence-electron chi connectivity index (χ3n) is 6.10. The topological polar surface area (TPSA) is 69.7 Å². The molecule has 3 aromatic carbocycles. The molecule has 34 heavy (non-hydrogen) atoms. The van der Waals surface area contributed by atoms with Crippen molar-refractivity contribution in [3.63, 3.8) is 0 Å². The molecule has 3 aromatic rings. The van der Waals surface area contributed by atoms with E-state index in [0.29, 0.717) is 13.0 Å². The molecule has 0 spiro atoms. The summed E-state index contributed by atoms with van der Waals surface area (Å²) in [7, 11) is 0.0113. The Morgan fingerprint density at radius 1 is 1.03 bits per heavy atom. The Balaban J connectivity index is 1.54. The lowest BCUT2D eigenvalue weighted by Crippen LogP contribution is -2.42. The Kier molecular flexibility index (Phi) is 7.00. The second-order valence-electron chi connectivity index (χ2n) is 8.58. The first-order chi connectivity index (χ1) is 16.3. The predicted octanol–water partition coefficient (Wildman–Crippen LogP) is 3.89. The smallest absolute Gasteiger partial charge is 0.243 e. The molecule has 0 aliphatic carbocycles. The third kappa shape index (κ3) is 5.13. The minimum Gasteiger partial charge on any atom is -0.378 e. The van der Waals surface area contributed by atoms with Gasteiger partial charge in [-0.15, -0.1) is 0 Å². The number of benzene rings is 3. The average Bonchev–Trinajstić information content (AvgIpc) is 2.83. The van der Waals surface area contributed by atoms with Crippen LogP contribution in [0.4, 0.5) is 10.1 Å². The molecule has 0 fully saturated rings. The van der Waals surface area contributed by atoms with Crippen LogP contribution >= 0.6 is 0 Å². The number of fused-ring (bicyclic) bond motifs is 1. The number of sulfonamides is 1. The van der Waals surface area contributed by atoms with Crippen molar-refractivity contribution in [2.75, 3.05) is 25.5 Å². The van der Waals surface area contributed by atoms with E-state index in [0.717, 1.165) is 34.5 Å². The van der Waals surface area contributed by atoms with Gasteiger partial charge in [0, 0.05) is 39.3 Å². The fraction of sp³-hybridized carbons (Fsp3) is 0.269. The molecule has 1 atom stereocenters. The minimum atomic E-state index is -3.91. The number of anilines is 1. The first-order valence-corrected chi connectivity index (χ1v) is 12.6. The fourth-order valence-corrected chi connectivity index (χ4v) is 5.84. The SMILES string of the molecule is CN(C)c1ccc(CNC(=O)C[C@@H]2c3ccccc3CCN2S(=O)(=O)c2ccc(F)cc2)cc1. The van der Waals surface area contributed by atoms with Gasteiger partial charge in [-0.1, -0.05) is 36.4 Å². The number of hydrogen-bond acceptors (Lipinski definition) is 4. The lowest BCUT2D eigenvalue weighted by molar-refractivity contribution is -0.122. The van der Waals surface area contributed by atoms with E-state index in [9.17, 15) is 17.6 Å². The zero-order chi connectivity index (χ0) is 24.3. The number of nitrogens with zero attached hydrogens (tertiary/aromatic N) is 2. The maximum Gasteiger partial charge on any atom is 0.243 e. The summed E-state index contributed by atoms with van der Waals surface area (Å²) < 4.78 is 41.6. The standard InChI is InChI=1S/C26H28FN3O3S/c1-29(2)22-11-7-19(8-12-22)18-28-26(31)17-25-24-6-4-3-5-20(24)15-16-30(25)34(32,33)23-13-9-21(27)10-14-23/h3-14,25H,15-18H2,1-2H3,(H,28,31)/t25-/m1/s1. The number of carbonyl (C=O) groups is 1. The van der Waals surface area contributed by atoms with Crippen LogP contribution in [-0.2, 0) is 27.8 Å². The summed E-state index contributed by atoms with van der Waals surface area (Å²) >= 11 is 0. The van der Waals surface area contributed by atoms with E-state index >= 15 is 0 Å². The normalized spacial score (nSPS) is 16.0.